The highest BCUT2D eigenvalue weighted by molar-refractivity contribution is 4.78. The topological polar surface area (TPSA) is 26.7 Å². The van der Waals surface area contributed by atoms with E-state index in [2.05, 4.69) is 16.7 Å². The van der Waals surface area contributed by atoms with Crippen LogP contribution >= 0.6 is 0 Å². The Balaban J connectivity index is 4.04. The molecule has 0 saturated heterocycles. The van der Waals surface area contributed by atoms with Crippen molar-refractivity contribution < 1.29 is 5.11 Å². The molecule has 0 bridgehead atoms. The number of hydrogen-bond donors (Lipinski definition) is 1. The molecule has 0 radical (unpaired) electrons. The molecular weight excluding hydrogens is 152 g/mol. The van der Waals surface area contributed by atoms with Crippen molar-refractivity contribution in [1.82, 2.24) is 9.80 Å². The van der Waals surface area contributed by atoms with Gasteiger partial charge < -0.3 is 14.9 Å². The van der Waals surface area contributed by atoms with Crippen LogP contribution < -0.4 is 0 Å². The fourth-order valence-corrected chi connectivity index (χ4v) is 1.68. The third-order valence-corrected chi connectivity index (χ3v) is 1.78. The van der Waals surface area contributed by atoms with Gasteiger partial charge in [-0.3, -0.25) is 0 Å². The minimum absolute atomic E-state index is 0.00694. The largest absolute Gasteiger partial charge is 0.396 e. The zero-order valence-corrected chi connectivity index (χ0v) is 8.96. The Labute approximate surface area is 76.0 Å². The maximum Gasteiger partial charge on any atom is 0.0509 e. The minimum Gasteiger partial charge on any atom is -0.396 e. The maximum absolute atomic E-state index is 9.23. The van der Waals surface area contributed by atoms with Crippen molar-refractivity contribution in [3.8, 4) is 0 Å². The Morgan fingerprint density at radius 3 is 1.50 bits per heavy atom. The molecule has 0 aromatic rings. The van der Waals surface area contributed by atoms with E-state index >= 15 is 0 Å². The molecule has 0 fully saturated rings. The van der Waals surface area contributed by atoms with E-state index < -0.39 is 0 Å². The summed E-state index contributed by atoms with van der Waals surface area (Å²) in [5.74, 6) is 0. The quantitative estimate of drug-likeness (QED) is 0.641. The van der Waals surface area contributed by atoms with Crippen LogP contribution in [0.25, 0.3) is 0 Å². The second-order valence-electron chi connectivity index (χ2n) is 4.44. The van der Waals surface area contributed by atoms with Gasteiger partial charge in [0.1, 0.15) is 0 Å². The van der Waals surface area contributed by atoms with Crippen molar-refractivity contribution in [3.63, 3.8) is 0 Å². The van der Waals surface area contributed by atoms with Crippen molar-refractivity contribution in [2.75, 3.05) is 47.9 Å². The molecule has 0 aromatic carbocycles. The standard InChI is InChI=1S/C9H22N2O/c1-9(8-12,6-10(2)3)7-11(4)5/h12H,6-8H2,1-5H3. The van der Waals surface area contributed by atoms with E-state index in [1.54, 1.807) is 0 Å². The van der Waals surface area contributed by atoms with E-state index in [9.17, 15) is 5.11 Å². The van der Waals surface area contributed by atoms with Gasteiger partial charge >= 0.3 is 0 Å². The van der Waals surface area contributed by atoms with Gasteiger partial charge in [-0.15, -0.1) is 0 Å². The van der Waals surface area contributed by atoms with Crippen LogP contribution in [0.3, 0.4) is 0 Å². The molecule has 0 saturated carbocycles. The van der Waals surface area contributed by atoms with Crippen molar-refractivity contribution in [3.05, 3.63) is 0 Å². The Hall–Kier alpha value is -0.120. The molecule has 0 aliphatic rings. The van der Waals surface area contributed by atoms with Crippen molar-refractivity contribution in [1.29, 1.82) is 0 Å². The van der Waals surface area contributed by atoms with E-state index in [1.807, 2.05) is 28.2 Å². The molecule has 0 spiro atoms. The smallest absolute Gasteiger partial charge is 0.0509 e. The Kier molecular flexibility index (Phi) is 4.75. The van der Waals surface area contributed by atoms with Crippen LogP contribution in [0.4, 0.5) is 0 Å². The van der Waals surface area contributed by atoms with Crippen molar-refractivity contribution in [2.24, 2.45) is 5.41 Å². The van der Waals surface area contributed by atoms with E-state index in [4.69, 9.17) is 0 Å². The average Bonchev–Trinajstić information content (AvgIpc) is 1.83. The average molecular weight is 174 g/mol. The molecule has 0 atom stereocenters. The normalized spacial score (nSPS) is 13.0. The monoisotopic (exact) mass is 174 g/mol. The molecule has 0 aliphatic carbocycles. The van der Waals surface area contributed by atoms with Crippen molar-refractivity contribution >= 4 is 0 Å². The van der Waals surface area contributed by atoms with Gasteiger partial charge in [0, 0.05) is 18.5 Å². The van der Waals surface area contributed by atoms with Crippen LogP contribution in [0, 0.1) is 5.41 Å². The van der Waals surface area contributed by atoms with E-state index in [0.717, 1.165) is 13.1 Å². The van der Waals surface area contributed by atoms with Gasteiger partial charge in [0.15, 0.2) is 0 Å². The molecule has 12 heavy (non-hydrogen) atoms. The summed E-state index contributed by atoms with van der Waals surface area (Å²) in [4.78, 5) is 4.22. The molecule has 0 heterocycles. The van der Waals surface area contributed by atoms with Crippen LogP contribution in [0.15, 0.2) is 0 Å². The summed E-state index contributed by atoms with van der Waals surface area (Å²) < 4.78 is 0. The Morgan fingerprint density at radius 1 is 1.00 bits per heavy atom. The highest BCUT2D eigenvalue weighted by Crippen LogP contribution is 2.16. The van der Waals surface area contributed by atoms with Gasteiger partial charge in [-0.05, 0) is 28.2 Å². The Morgan fingerprint density at radius 2 is 1.33 bits per heavy atom. The number of hydrogen-bond acceptors (Lipinski definition) is 3. The van der Waals surface area contributed by atoms with Crippen LogP contribution in [-0.2, 0) is 0 Å². The first-order valence-electron chi connectivity index (χ1n) is 4.30. The highest BCUT2D eigenvalue weighted by atomic mass is 16.3. The number of aliphatic hydroxyl groups is 1. The van der Waals surface area contributed by atoms with E-state index in [0.29, 0.717) is 0 Å². The number of nitrogens with zero attached hydrogens (tertiary/aromatic N) is 2. The van der Waals surface area contributed by atoms with Gasteiger partial charge in [-0.2, -0.15) is 0 Å². The zero-order chi connectivity index (χ0) is 9.78. The van der Waals surface area contributed by atoms with Crippen LogP contribution in [0.2, 0.25) is 0 Å². The summed E-state index contributed by atoms with van der Waals surface area (Å²) in [6.07, 6.45) is 0. The third-order valence-electron chi connectivity index (χ3n) is 1.78. The van der Waals surface area contributed by atoms with E-state index in [1.165, 1.54) is 0 Å². The molecule has 3 nitrogen and oxygen atoms in total. The van der Waals surface area contributed by atoms with Gasteiger partial charge in [-0.25, -0.2) is 0 Å². The first-order chi connectivity index (χ1) is 5.39. The van der Waals surface area contributed by atoms with Crippen LogP contribution in [0.1, 0.15) is 6.92 Å². The molecule has 0 aliphatic heterocycles. The first-order valence-corrected chi connectivity index (χ1v) is 4.30. The lowest BCUT2D eigenvalue weighted by Crippen LogP contribution is -2.42. The molecule has 0 amide bonds. The third kappa shape index (κ3) is 4.70. The minimum atomic E-state index is -0.00694. The van der Waals surface area contributed by atoms with Gasteiger partial charge in [0.25, 0.3) is 0 Å². The lowest BCUT2D eigenvalue weighted by molar-refractivity contribution is 0.0809. The molecule has 3 heteroatoms. The van der Waals surface area contributed by atoms with Gasteiger partial charge in [-0.1, -0.05) is 6.92 Å². The molecule has 0 aromatic heterocycles. The second kappa shape index (κ2) is 4.80. The molecule has 1 N–H and O–H groups in total. The van der Waals surface area contributed by atoms with Gasteiger partial charge in [0.2, 0.25) is 0 Å². The van der Waals surface area contributed by atoms with Crippen LogP contribution in [0.5, 0.6) is 0 Å². The van der Waals surface area contributed by atoms with E-state index in [-0.39, 0.29) is 12.0 Å². The molecule has 0 unspecified atom stereocenters. The zero-order valence-electron chi connectivity index (χ0n) is 8.96. The fraction of sp³-hybridized carbons (Fsp3) is 1.00. The summed E-state index contributed by atoms with van der Waals surface area (Å²) in [7, 11) is 8.13. The van der Waals surface area contributed by atoms with Gasteiger partial charge in [0.05, 0.1) is 6.61 Å². The Bertz CT molecular complexity index is 114. The summed E-state index contributed by atoms with van der Waals surface area (Å²) in [6, 6.07) is 0. The summed E-state index contributed by atoms with van der Waals surface area (Å²) >= 11 is 0. The summed E-state index contributed by atoms with van der Waals surface area (Å²) in [5, 5.41) is 9.23. The summed E-state index contributed by atoms with van der Waals surface area (Å²) in [6.45, 7) is 4.18. The molecular formula is C9H22N2O. The highest BCUT2D eigenvalue weighted by Gasteiger charge is 2.24. The van der Waals surface area contributed by atoms with Crippen LogP contribution in [-0.4, -0.2) is 62.8 Å². The lowest BCUT2D eigenvalue weighted by Gasteiger charge is -2.33. The molecule has 0 rings (SSSR count). The second-order valence-corrected chi connectivity index (χ2v) is 4.44. The predicted molar refractivity (Wildman–Crippen MR) is 52.3 cm³/mol. The lowest BCUT2D eigenvalue weighted by atomic mass is 9.91. The predicted octanol–water partition coefficient (Wildman–Crippen LogP) is 0.108. The number of aliphatic hydroxyl groups excluding tert-OH is 1. The summed E-state index contributed by atoms with van der Waals surface area (Å²) in [5.41, 5.74) is -0.00694. The number of rotatable bonds is 5. The van der Waals surface area contributed by atoms with Crippen molar-refractivity contribution in [2.45, 2.75) is 6.92 Å². The SMILES string of the molecule is CN(C)CC(C)(CO)CN(C)C. The molecule has 74 valence electrons. The fourth-order valence-electron chi connectivity index (χ4n) is 1.68. The maximum atomic E-state index is 9.23. The first kappa shape index (κ1) is 11.9.